The smallest absolute Gasteiger partial charge is 0.175 e. The molecule has 0 fully saturated rings. The molecule has 19 heavy (non-hydrogen) atoms. The van der Waals surface area contributed by atoms with Gasteiger partial charge in [-0.1, -0.05) is 0 Å². The van der Waals surface area contributed by atoms with Crippen molar-refractivity contribution in [2.75, 3.05) is 14.2 Å². The van der Waals surface area contributed by atoms with Crippen LogP contribution in [0.3, 0.4) is 0 Å². The van der Waals surface area contributed by atoms with Crippen molar-refractivity contribution in [1.82, 2.24) is 9.97 Å². The molecule has 0 unspecified atom stereocenters. The second-order valence-electron chi connectivity index (χ2n) is 4.08. The molecular formula is C13H16BrN3O2. The zero-order chi connectivity index (χ0) is 14.0. The molecule has 1 aromatic heterocycles. The number of benzene rings is 1. The molecule has 3 N–H and O–H groups in total. The summed E-state index contributed by atoms with van der Waals surface area (Å²) in [7, 11) is 3.26. The number of halogens is 1. The third-order valence-electron chi connectivity index (χ3n) is 2.92. The summed E-state index contributed by atoms with van der Waals surface area (Å²) in [5.74, 6) is 1.47. The van der Waals surface area contributed by atoms with Crippen LogP contribution in [-0.4, -0.2) is 24.2 Å². The van der Waals surface area contributed by atoms with Gasteiger partial charge < -0.3 is 20.2 Å². The number of ether oxygens (including phenoxy) is 2. The Morgan fingerprint density at radius 3 is 2.63 bits per heavy atom. The number of nitrogens with one attached hydrogen (secondary N) is 1. The Hall–Kier alpha value is -1.53. The molecule has 0 amide bonds. The maximum absolute atomic E-state index is 5.74. The summed E-state index contributed by atoms with van der Waals surface area (Å²) in [5.41, 5.74) is 9.34. The highest BCUT2D eigenvalue weighted by molar-refractivity contribution is 9.10. The van der Waals surface area contributed by atoms with Crippen LogP contribution in [0.2, 0.25) is 0 Å². The lowest BCUT2D eigenvalue weighted by Gasteiger charge is -2.13. The first-order valence-corrected chi connectivity index (χ1v) is 6.57. The van der Waals surface area contributed by atoms with Crippen molar-refractivity contribution in [2.45, 2.75) is 13.5 Å². The lowest BCUT2D eigenvalue weighted by Crippen LogP contribution is -2.01. The van der Waals surface area contributed by atoms with Gasteiger partial charge in [0.1, 0.15) is 11.5 Å². The van der Waals surface area contributed by atoms with E-state index in [0.717, 1.165) is 28.3 Å². The van der Waals surface area contributed by atoms with E-state index in [4.69, 9.17) is 15.2 Å². The van der Waals surface area contributed by atoms with Gasteiger partial charge in [-0.3, -0.25) is 0 Å². The standard InChI is InChI=1S/C13H16BrN3O2/c1-7-4-8(18-2)5-10(19-3)11(7)12-9(6-15)16-13(14)17-12/h4-5H,6,15H2,1-3H3,(H,16,17). The van der Waals surface area contributed by atoms with Crippen LogP contribution >= 0.6 is 15.9 Å². The van der Waals surface area contributed by atoms with Crippen LogP contribution in [0.15, 0.2) is 16.9 Å². The van der Waals surface area contributed by atoms with Crippen LogP contribution in [0, 0.1) is 6.92 Å². The SMILES string of the molecule is COc1cc(C)c(-c2nc(Br)[nH]c2CN)c(OC)c1. The maximum Gasteiger partial charge on any atom is 0.175 e. The molecule has 0 saturated carbocycles. The Morgan fingerprint density at radius 1 is 1.32 bits per heavy atom. The fourth-order valence-electron chi connectivity index (χ4n) is 2.04. The second-order valence-corrected chi connectivity index (χ2v) is 4.83. The largest absolute Gasteiger partial charge is 0.497 e. The van der Waals surface area contributed by atoms with Gasteiger partial charge in [-0.05, 0) is 34.5 Å². The van der Waals surface area contributed by atoms with Crippen LogP contribution in [0.25, 0.3) is 11.3 Å². The Kier molecular flexibility index (Phi) is 4.11. The first-order chi connectivity index (χ1) is 9.10. The molecule has 2 aromatic rings. The van der Waals surface area contributed by atoms with Gasteiger partial charge >= 0.3 is 0 Å². The van der Waals surface area contributed by atoms with E-state index < -0.39 is 0 Å². The van der Waals surface area contributed by atoms with Crippen LogP contribution < -0.4 is 15.2 Å². The van der Waals surface area contributed by atoms with Crippen LogP contribution in [0.5, 0.6) is 11.5 Å². The number of imidazole rings is 1. The monoisotopic (exact) mass is 325 g/mol. The highest BCUT2D eigenvalue weighted by atomic mass is 79.9. The maximum atomic E-state index is 5.74. The van der Waals surface area contributed by atoms with Crippen molar-refractivity contribution >= 4 is 15.9 Å². The van der Waals surface area contributed by atoms with Gasteiger partial charge in [-0.2, -0.15) is 0 Å². The van der Waals surface area contributed by atoms with E-state index in [9.17, 15) is 0 Å². The molecule has 0 spiro atoms. The highest BCUT2D eigenvalue weighted by Crippen LogP contribution is 2.37. The Morgan fingerprint density at radius 2 is 2.05 bits per heavy atom. The molecule has 0 bridgehead atoms. The van der Waals surface area contributed by atoms with Crippen molar-refractivity contribution in [3.05, 3.63) is 28.1 Å². The summed E-state index contributed by atoms with van der Waals surface area (Å²) in [5, 5.41) is 0. The quantitative estimate of drug-likeness (QED) is 0.906. The van der Waals surface area contributed by atoms with E-state index in [1.54, 1.807) is 14.2 Å². The van der Waals surface area contributed by atoms with E-state index in [2.05, 4.69) is 25.9 Å². The first-order valence-electron chi connectivity index (χ1n) is 5.78. The van der Waals surface area contributed by atoms with Crippen molar-refractivity contribution in [1.29, 1.82) is 0 Å². The van der Waals surface area contributed by atoms with Gasteiger partial charge in [-0.25, -0.2) is 4.98 Å². The van der Waals surface area contributed by atoms with Gasteiger partial charge in [-0.15, -0.1) is 0 Å². The molecular weight excluding hydrogens is 310 g/mol. The average molecular weight is 326 g/mol. The summed E-state index contributed by atoms with van der Waals surface area (Å²) < 4.78 is 11.3. The fraction of sp³-hybridized carbons (Fsp3) is 0.308. The van der Waals surface area contributed by atoms with E-state index in [-0.39, 0.29) is 0 Å². The number of aromatic amines is 1. The minimum Gasteiger partial charge on any atom is -0.497 e. The number of aromatic nitrogens is 2. The molecule has 102 valence electrons. The number of H-pyrrole nitrogens is 1. The minimum atomic E-state index is 0.378. The number of nitrogens with two attached hydrogens (primary N) is 1. The van der Waals surface area contributed by atoms with Gasteiger partial charge in [0.2, 0.25) is 0 Å². The van der Waals surface area contributed by atoms with E-state index in [1.807, 2.05) is 19.1 Å². The van der Waals surface area contributed by atoms with Crippen molar-refractivity contribution in [3.8, 4) is 22.8 Å². The molecule has 1 heterocycles. The molecule has 2 rings (SSSR count). The Bertz CT molecular complexity index is 596. The third-order valence-corrected chi connectivity index (χ3v) is 3.29. The molecule has 0 saturated heterocycles. The fourth-order valence-corrected chi connectivity index (χ4v) is 2.45. The van der Waals surface area contributed by atoms with Crippen LogP contribution in [0.1, 0.15) is 11.3 Å². The zero-order valence-electron chi connectivity index (χ0n) is 11.1. The van der Waals surface area contributed by atoms with Gasteiger partial charge in [0.05, 0.1) is 25.6 Å². The highest BCUT2D eigenvalue weighted by Gasteiger charge is 2.18. The lowest BCUT2D eigenvalue weighted by atomic mass is 10.0. The molecule has 1 aromatic carbocycles. The van der Waals surface area contributed by atoms with Gasteiger partial charge in [0.25, 0.3) is 0 Å². The second kappa shape index (κ2) is 5.63. The molecule has 0 aliphatic rings. The molecule has 0 aliphatic heterocycles. The first kappa shape index (κ1) is 13.9. The third kappa shape index (κ3) is 2.59. The van der Waals surface area contributed by atoms with Crippen LogP contribution in [0.4, 0.5) is 0 Å². The number of hydrogen-bond donors (Lipinski definition) is 2. The minimum absolute atomic E-state index is 0.378. The summed E-state index contributed by atoms with van der Waals surface area (Å²) in [4.78, 5) is 7.53. The van der Waals surface area contributed by atoms with Crippen molar-refractivity contribution in [2.24, 2.45) is 5.73 Å². The van der Waals surface area contributed by atoms with Crippen LogP contribution in [-0.2, 0) is 6.54 Å². The molecule has 0 radical (unpaired) electrons. The molecule has 5 nitrogen and oxygen atoms in total. The lowest BCUT2D eigenvalue weighted by molar-refractivity contribution is 0.395. The number of nitrogens with zero attached hydrogens (tertiary/aromatic N) is 1. The molecule has 6 heteroatoms. The van der Waals surface area contributed by atoms with Crippen molar-refractivity contribution in [3.63, 3.8) is 0 Å². The summed E-state index contributed by atoms with van der Waals surface area (Å²) in [6.45, 7) is 2.37. The summed E-state index contributed by atoms with van der Waals surface area (Å²) in [6, 6.07) is 3.78. The molecule has 0 atom stereocenters. The van der Waals surface area contributed by atoms with Crippen molar-refractivity contribution < 1.29 is 9.47 Å². The molecule has 0 aliphatic carbocycles. The summed E-state index contributed by atoms with van der Waals surface area (Å²) in [6.07, 6.45) is 0. The Balaban J connectivity index is 2.66. The van der Waals surface area contributed by atoms with Gasteiger partial charge in [0.15, 0.2) is 4.73 Å². The topological polar surface area (TPSA) is 73.2 Å². The van der Waals surface area contributed by atoms with Gasteiger partial charge in [0, 0.05) is 18.2 Å². The zero-order valence-corrected chi connectivity index (χ0v) is 12.7. The number of aryl methyl sites for hydroxylation is 1. The predicted octanol–water partition coefficient (Wildman–Crippen LogP) is 2.62. The predicted molar refractivity (Wildman–Crippen MR) is 77.5 cm³/mol. The number of methoxy groups -OCH3 is 2. The van der Waals surface area contributed by atoms with E-state index in [0.29, 0.717) is 17.0 Å². The number of hydrogen-bond acceptors (Lipinski definition) is 4. The summed E-state index contributed by atoms with van der Waals surface area (Å²) >= 11 is 3.33. The van der Waals surface area contributed by atoms with E-state index >= 15 is 0 Å². The number of rotatable bonds is 4. The average Bonchev–Trinajstić information content (AvgIpc) is 2.78. The normalized spacial score (nSPS) is 10.6. The van der Waals surface area contributed by atoms with E-state index in [1.165, 1.54) is 0 Å². The Labute approximate surface area is 120 Å².